The Morgan fingerprint density at radius 2 is 1.66 bits per heavy atom. The van der Waals surface area contributed by atoms with Crippen LogP contribution in [0.3, 0.4) is 0 Å². The highest BCUT2D eigenvalue weighted by Gasteiger charge is 2.35. The topological polar surface area (TPSA) is 71.3 Å². The van der Waals surface area contributed by atoms with Gasteiger partial charge in [0.1, 0.15) is 25.0 Å². The molecule has 0 aromatic heterocycles. The van der Waals surface area contributed by atoms with Gasteiger partial charge in [-0.25, -0.2) is 0 Å². The molecule has 2 amide bonds. The van der Waals surface area contributed by atoms with Gasteiger partial charge < -0.3 is 14.7 Å². The molecular weight excluding hydrogens is 440 g/mol. The van der Waals surface area contributed by atoms with Crippen molar-refractivity contribution in [1.82, 2.24) is 4.90 Å². The number of benzene rings is 3. The molecule has 0 saturated carbocycles. The van der Waals surface area contributed by atoms with Gasteiger partial charge in [0.15, 0.2) is 0 Å². The van der Waals surface area contributed by atoms with E-state index in [-0.39, 0.29) is 24.3 Å². The number of aryl methyl sites for hydroxylation is 2. The standard InChI is InChI=1S/C29H32N2O4/c1-19-9-10-20(2)26(15-19)35-18-23(32)17-30-13-11-21(12-14-30)16-31-28(33)24-7-3-5-22-6-4-8-25(27(22)24)29(31)34/h3-10,15,21,23,32H,11-14,16-18H2,1-2H3/p+1/t23-/m0/s1. The molecule has 2 aliphatic heterocycles. The van der Waals surface area contributed by atoms with Gasteiger partial charge in [0.05, 0.1) is 13.1 Å². The molecule has 182 valence electrons. The number of likely N-dealkylation sites (tertiary alicyclic amines) is 1. The van der Waals surface area contributed by atoms with Crippen molar-refractivity contribution < 1.29 is 24.3 Å². The summed E-state index contributed by atoms with van der Waals surface area (Å²) in [6.07, 6.45) is 1.30. The van der Waals surface area contributed by atoms with Gasteiger partial charge in [0.2, 0.25) is 0 Å². The molecule has 6 nitrogen and oxygen atoms in total. The van der Waals surface area contributed by atoms with Crippen LogP contribution in [-0.4, -0.2) is 60.7 Å². The zero-order valence-electron chi connectivity index (χ0n) is 20.4. The number of nitrogens with one attached hydrogen (secondary N) is 1. The number of aliphatic hydroxyl groups excluding tert-OH is 1. The van der Waals surface area contributed by atoms with Gasteiger partial charge in [-0.1, -0.05) is 36.4 Å². The van der Waals surface area contributed by atoms with Crippen LogP contribution in [0, 0.1) is 19.8 Å². The second-order valence-corrected chi connectivity index (χ2v) is 10.1. The largest absolute Gasteiger partial charge is 0.490 e. The average molecular weight is 474 g/mol. The van der Waals surface area contributed by atoms with Gasteiger partial charge in [0, 0.05) is 35.9 Å². The van der Waals surface area contributed by atoms with Gasteiger partial charge in [0.25, 0.3) is 11.8 Å². The van der Waals surface area contributed by atoms with E-state index in [4.69, 9.17) is 4.74 Å². The van der Waals surface area contributed by atoms with Crippen molar-refractivity contribution in [2.45, 2.75) is 32.8 Å². The number of amides is 2. The SMILES string of the molecule is Cc1ccc(C)c(OC[C@@H](O)C[NH+]2CCC(CN3C(=O)c4cccc5cccc(c45)C3=O)CC2)c1. The van der Waals surface area contributed by atoms with Crippen LogP contribution < -0.4 is 9.64 Å². The predicted molar refractivity (Wildman–Crippen MR) is 135 cm³/mol. The average Bonchev–Trinajstić information content (AvgIpc) is 2.86. The van der Waals surface area contributed by atoms with E-state index in [9.17, 15) is 14.7 Å². The van der Waals surface area contributed by atoms with Crippen LogP contribution in [0.25, 0.3) is 10.8 Å². The number of quaternary nitrogens is 1. The van der Waals surface area contributed by atoms with E-state index in [1.165, 1.54) is 9.80 Å². The quantitative estimate of drug-likeness (QED) is 0.518. The molecule has 0 unspecified atom stereocenters. The summed E-state index contributed by atoms with van der Waals surface area (Å²) >= 11 is 0. The molecule has 1 fully saturated rings. The molecule has 1 atom stereocenters. The Morgan fingerprint density at radius 3 is 2.31 bits per heavy atom. The molecule has 2 N–H and O–H groups in total. The van der Waals surface area contributed by atoms with Crippen molar-refractivity contribution in [3.8, 4) is 5.75 Å². The van der Waals surface area contributed by atoms with Gasteiger partial charge in [-0.05, 0) is 54.5 Å². The highest BCUT2D eigenvalue weighted by atomic mass is 16.5. The summed E-state index contributed by atoms with van der Waals surface area (Å²) in [4.78, 5) is 29.1. The van der Waals surface area contributed by atoms with E-state index in [0.29, 0.717) is 24.2 Å². The molecule has 6 heteroatoms. The minimum absolute atomic E-state index is 0.187. The van der Waals surface area contributed by atoms with E-state index in [2.05, 4.69) is 6.07 Å². The first-order valence-corrected chi connectivity index (χ1v) is 12.5. The van der Waals surface area contributed by atoms with Gasteiger partial charge in [-0.2, -0.15) is 0 Å². The minimum atomic E-state index is -0.538. The number of ether oxygens (including phenoxy) is 1. The first-order valence-electron chi connectivity index (χ1n) is 12.5. The lowest BCUT2D eigenvalue weighted by atomic mass is 9.91. The van der Waals surface area contributed by atoms with Crippen LogP contribution in [0.5, 0.6) is 5.75 Å². The monoisotopic (exact) mass is 473 g/mol. The van der Waals surface area contributed by atoms with Crippen LogP contribution in [0.15, 0.2) is 54.6 Å². The number of imide groups is 1. The fourth-order valence-electron chi connectivity index (χ4n) is 5.42. The predicted octanol–water partition coefficient (Wildman–Crippen LogP) is 2.79. The first kappa shape index (κ1) is 23.5. The van der Waals surface area contributed by atoms with Crippen molar-refractivity contribution in [3.05, 3.63) is 76.9 Å². The maximum Gasteiger partial charge on any atom is 0.261 e. The lowest BCUT2D eigenvalue weighted by Crippen LogP contribution is -3.14. The second kappa shape index (κ2) is 9.80. The number of piperidine rings is 1. The van der Waals surface area contributed by atoms with Crippen LogP contribution in [0.2, 0.25) is 0 Å². The van der Waals surface area contributed by atoms with Crippen LogP contribution >= 0.6 is 0 Å². The van der Waals surface area contributed by atoms with Crippen molar-refractivity contribution in [1.29, 1.82) is 0 Å². The highest BCUT2D eigenvalue weighted by molar-refractivity contribution is 6.25. The zero-order valence-corrected chi connectivity index (χ0v) is 20.4. The smallest absolute Gasteiger partial charge is 0.261 e. The molecule has 2 aliphatic rings. The van der Waals surface area contributed by atoms with E-state index in [1.54, 1.807) is 0 Å². The van der Waals surface area contributed by atoms with Gasteiger partial charge >= 0.3 is 0 Å². The highest BCUT2D eigenvalue weighted by Crippen LogP contribution is 2.31. The molecule has 1 saturated heterocycles. The summed E-state index contributed by atoms with van der Waals surface area (Å²) in [5.74, 6) is 0.728. The molecule has 2 heterocycles. The molecular formula is C29H33N2O4+. The lowest BCUT2D eigenvalue weighted by Gasteiger charge is -2.34. The number of nitrogens with zero attached hydrogens (tertiary/aromatic N) is 1. The van der Waals surface area contributed by atoms with Crippen molar-refractivity contribution in [2.24, 2.45) is 5.92 Å². The summed E-state index contributed by atoms with van der Waals surface area (Å²) in [7, 11) is 0. The Bertz CT molecular complexity index is 1210. The molecule has 35 heavy (non-hydrogen) atoms. The third-order valence-electron chi connectivity index (χ3n) is 7.41. The van der Waals surface area contributed by atoms with Gasteiger partial charge in [-0.15, -0.1) is 0 Å². The summed E-state index contributed by atoms with van der Waals surface area (Å²) in [6, 6.07) is 17.4. The van der Waals surface area contributed by atoms with E-state index >= 15 is 0 Å². The summed E-state index contributed by atoms with van der Waals surface area (Å²) in [6.45, 7) is 7.22. The molecule has 3 aromatic carbocycles. The second-order valence-electron chi connectivity index (χ2n) is 10.1. The summed E-state index contributed by atoms with van der Waals surface area (Å²) < 4.78 is 5.87. The normalized spacial score (nSPS) is 20.8. The molecule has 0 radical (unpaired) electrons. The van der Waals surface area contributed by atoms with E-state index < -0.39 is 6.10 Å². The lowest BCUT2D eigenvalue weighted by molar-refractivity contribution is -0.909. The number of hydrogen-bond acceptors (Lipinski definition) is 4. The van der Waals surface area contributed by atoms with Crippen molar-refractivity contribution in [2.75, 3.05) is 32.8 Å². The third kappa shape index (κ3) is 4.81. The Labute approximate surface area is 206 Å². The van der Waals surface area contributed by atoms with Gasteiger partial charge in [-0.3, -0.25) is 14.5 Å². The molecule has 3 aromatic rings. The first-order chi connectivity index (χ1) is 16.9. The van der Waals surface area contributed by atoms with Crippen LogP contribution in [0.1, 0.15) is 44.7 Å². The number of carbonyl (C=O) groups is 2. The summed E-state index contributed by atoms with van der Waals surface area (Å²) in [5, 5.41) is 12.2. The molecule has 0 bridgehead atoms. The molecule has 5 rings (SSSR count). The maximum absolute atomic E-state index is 13.2. The number of hydrogen-bond donors (Lipinski definition) is 2. The minimum Gasteiger partial charge on any atom is -0.490 e. The fourth-order valence-corrected chi connectivity index (χ4v) is 5.42. The molecule has 0 spiro atoms. The van der Waals surface area contributed by atoms with Crippen molar-refractivity contribution in [3.63, 3.8) is 0 Å². The summed E-state index contributed by atoms with van der Waals surface area (Å²) in [5.41, 5.74) is 3.44. The van der Waals surface area contributed by atoms with E-state index in [0.717, 1.165) is 53.6 Å². The number of aliphatic hydroxyl groups is 1. The Kier molecular flexibility index (Phi) is 6.58. The number of carbonyl (C=O) groups excluding carboxylic acids is 2. The zero-order chi connectivity index (χ0) is 24.5. The Morgan fingerprint density at radius 1 is 1.00 bits per heavy atom. The van der Waals surface area contributed by atoms with Crippen LogP contribution in [-0.2, 0) is 0 Å². The third-order valence-corrected chi connectivity index (χ3v) is 7.41. The fraction of sp³-hybridized carbons (Fsp3) is 0.379. The van der Waals surface area contributed by atoms with E-state index in [1.807, 2.05) is 62.4 Å². The van der Waals surface area contributed by atoms with Crippen molar-refractivity contribution >= 4 is 22.6 Å². The maximum atomic E-state index is 13.2. The molecule has 0 aliphatic carbocycles. The number of rotatable bonds is 7. The Hall–Kier alpha value is -3.22. The Balaban J connectivity index is 1.14. The van der Waals surface area contributed by atoms with Crippen LogP contribution in [0.4, 0.5) is 0 Å².